The second-order valence-electron chi connectivity index (χ2n) is 6.93. The van der Waals surface area contributed by atoms with Crippen LogP contribution >= 0.6 is 11.3 Å². The minimum atomic E-state index is -0.173. The molecule has 0 aliphatic heterocycles. The van der Waals surface area contributed by atoms with Gasteiger partial charge < -0.3 is 5.32 Å². The number of nitriles is 1. The molecule has 0 aliphatic rings. The Bertz CT molecular complexity index is 1280. The third-order valence-corrected chi connectivity index (χ3v) is 5.92. The lowest BCUT2D eigenvalue weighted by Gasteiger charge is -2.12. The number of anilines is 1. The van der Waals surface area contributed by atoms with E-state index in [1.54, 1.807) is 0 Å². The smallest absolute Gasteiger partial charge is 0.263 e. The van der Waals surface area contributed by atoms with Crippen LogP contribution in [0.1, 0.15) is 17.0 Å². The highest BCUT2D eigenvalue weighted by molar-refractivity contribution is 7.17. The van der Waals surface area contributed by atoms with Crippen molar-refractivity contribution in [2.45, 2.75) is 26.9 Å². The molecule has 0 amide bonds. The molecule has 0 saturated heterocycles. The van der Waals surface area contributed by atoms with Crippen molar-refractivity contribution >= 4 is 27.2 Å². The van der Waals surface area contributed by atoms with Crippen LogP contribution in [0, 0.1) is 25.2 Å². The highest BCUT2D eigenvalue weighted by Crippen LogP contribution is 2.31. The molecule has 0 atom stereocenters. The summed E-state index contributed by atoms with van der Waals surface area (Å²) in [5.74, 6) is 0.559. The quantitative estimate of drug-likeness (QED) is 0.518. The van der Waals surface area contributed by atoms with E-state index in [4.69, 9.17) is 4.98 Å². The lowest BCUT2D eigenvalue weighted by molar-refractivity contribution is 0.710. The van der Waals surface area contributed by atoms with Crippen LogP contribution in [0.5, 0.6) is 0 Å². The largest absolute Gasteiger partial charge is 0.378 e. The molecule has 0 saturated carbocycles. The van der Waals surface area contributed by atoms with Crippen molar-refractivity contribution in [2.75, 3.05) is 5.32 Å². The molecule has 4 aromatic rings. The molecule has 0 radical (unpaired) electrons. The van der Waals surface area contributed by atoms with E-state index in [2.05, 4.69) is 37.4 Å². The lowest BCUT2D eigenvalue weighted by Crippen LogP contribution is -2.26. The van der Waals surface area contributed by atoms with Crippen molar-refractivity contribution < 1.29 is 0 Å². The molecule has 2 heterocycles. The number of nitrogens with one attached hydrogen (secondary N) is 1. The molecular formula is C23H20N4OS. The summed E-state index contributed by atoms with van der Waals surface area (Å²) in [4.78, 5) is 18.7. The summed E-state index contributed by atoms with van der Waals surface area (Å²) in [6, 6.07) is 18.0. The molecule has 5 nitrogen and oxygen atoms in total. The summed E-state index contributed by atoms with van der Waals surface area (Å²) in [6.45, 7) is 4.47. The van der Waals surface area contributed by atoms with Gasteiger partial charge in [0.1, 0.15) is 17.2 Å². The van der Waals surface area contributed by atoms with Gasteiger partial charge >= 0.3 is 0 Å². The molecule has 4 rings (SSSR count). The van der Waals surface area contributed by atoms with Gasteiger partial charge in [0.05, 0.1) is 18.0 Å². The Labute approximate surface area is 172 Å². The normalized spacial score (nSPS) is 10.8. The van der Waals surface area contributed by atoms with E-state index in [0.29, 0.717) is 22.6 Å². The van der Waals surface area contributed by atoms with E-state index in [1.165, 1.54) is 27.0 Å². The zero-order chi connectivity index (χ0) is 20.4. The van der Waals surface area contributed by atoms with Gasteiger partial charge in [0.25, 0.3) is 5.56 Å². The van der Waals surface area contributed by atoms with Gasteiger partial charge in [0.15, 0.2) is 0 Å². The Morgan fingerprint density at radius 3 is 2.66 bits per heavy atom. The van der Waals surface area contributed by atoms with Gasteiger partial charge in [-0.3, -0.25) is 9.36 Å². The first-order valence-corrected chi connectivity index (χ1v) is 10.2. The topological polar surface area (TPSA) is 70.7 Å². The summed E-state index contributed by atoms with van der Waals surface area (Å²) in [5, 5.41) is 15.1. The standard InChI is InChI=1S/C23H20N4OS/c1-15-8-9-18(12-16(15)2)25-13-20-26-22-21(23(28)27(20)11-10-24)19(14-29-22)17-6-4-3-5-7-17/h3-9,12,14,25H,11,13H2,1-2H3. The maximum Gasteiger partial charge on any atom is 0.263 e. The van der Waals surface area contributed by atoms with Gasteiger partial charge in [-0.05, 0) is 42.7 Å². The molecule has 29 heavy (non-hydrogen) atoms. The Morgan fingerprint density at radius 2 is 1.93 bits per heavy atom. The fraction of sp³-hybridized carbons (Fsp3) is 0.174. The number of benzene rings is 2. The lowest BCUT2D eigenvalue weighted by atomic mass is 10.1. The number of hydrogen-bond donors (Lipinski definition) is 1. The van der Waals surface area contributed by atoms with Crippen LogP contribution < -0.4 is 10.9 Å². The fourth-order valence-electron chi connectivity index (χ4n) is 3.30. The van der Waals surface area contributed by atoms with Crippen molar-refractivity contribution in [3.05, 3.63) is 81.2 Å². The summed E-state index contributed by atoms with van der Waals surface area (Å²) < 4.78 is 1.47. The molecule has 0 unspecified atom stereocenters. The highest BCUT2D eigenvalue weighted by Gasteiger charge is 2.17. The minimum Gasteiger partial charge on any atom is -0.378 e. The van der Waals surface area contributed by atoms with Gasteiger partial charge in [-0.25, -0.2) is 4.98 Å². The zero-order valence-electron chi connectivity index (χ0n) is 16.3. The maximum atomic E-state index is 13.3. The summed E-state index contributed by atoms with van der Waals surface area (Å²) >= 11 is 1.45. The zero-order valence-corrected chi connectivity index (χ0v) is 17.1. The Morgan fingerprint density at radius 1 is 1.14 bits per heavy atom. The number of hydrogen-bond acceptors (Lipinski definition) is 5. The third kappa shape index (κ3) is 3.65. The first-order valence-electron chi connectivity index (χ1n) is 9.33. The average Bonchev–Trinajstić information content (AvgIpc) is 3.16. The molecule has 1 N–H and O–H groups in total. The molecule has 0 spiro atoms. The minimum absolute atomic E-state index is 0.0320. The molecule has 0 aliphatic carbocycles. The van der Waals surface area contributed by atoms with Crippen LogP contribution in [0.15, 0.2) is 58.7 Å². The predicted octanol–water partition coefficient (Wildman–Crippen LogP) is 4.88. The van der Waals surface area contributed by atoms with E-state index in [0.717, 1.165) is 16.8 Å². The van der Waals surface area contributed by atoms with Gasteiger partial charge in [-0.2, -0.15) is 5.26 Å². The van der Waals surface area contributed by atoms with E-state index >= 15 is 0 Å². The van der Waals surface area contributed by atoms with Crippen LogP contribution in [-0.2, 0) is 13.1 Å². The summed E-state index contributed by atoms with van der Waals surface area (Å²) in [7, 11) is 0. The van der Waals surface area contributed by atoms with E-state index in [-0.39, 0.29) is 12.1 Å². The third-order valence-electron chi connectivity index (χ3n) is 5.04. The van der Waals surface area contributed by atoms with Crippen molar-refractivity contribution in [1.82, 2.24) is 9.55 Å². The van der Waals surface area contributed by atoms with Gasteiger partial charge in [-0.1, -0.05) is 36.4 Å². The number of fused-ring (bicyclic) bond motifs is 1. The first-order chi connectivity index (χ1) is 14.1. The van der Waals surface area contributed by atoms with E-state index < -0.39 is 0 Å². The number of rotatable bonds is 5. The monoisotopic (exact) mass is 400 g/mol. The molecule has 0 fully saturated rings. The highest BCUT2D eigenvalue weighted by atomic mass is 32.1. The number of aromatic nitrogens is 2. The molecule has 0 bridgehead atoms. The van der Waals surface area contributed by atoms with Gasteiger partial charge in [0, 0.05) is 16.6 Å². The molecule has 144 valence electrons. The van der Waals surface area contributed by atoms with Crippen molar-refractivity contribution in [3.63, 3.8) is 0 Å². The molecular weight excluding hydrogens is 380 g/mol. The van der Waals surface area contributed by atoms with E-state index in [1.807, 2.05) is 41.8 Å². The van der Waals surface area contributed by atoms with Gasteiger partial charge in [0.2, 0.25) is 0 Å². The average molecular weight is 401 g/mol. The second-order valence-corrected chi connectivity index (χ2v) is 7.78. The first kappa shape index (κ1) is 18.9. The molecule has 2 aromatic carbocycles. The van der Waals surface area contributed by atoms with Crippen LogP contribution in [0.3, 0.4) is 0 Å². The fourth-order valence-corrected chi connectivity index (χ4v) is 4.25. The maximum absolute atomic E-state index is 13.3. The predicted molar refractivity (Wildman–Crippen MR) is 118 cm³/mol. The van der Waals surface area contributed by atoms with Gasteiger partial charge in [-0.15, -0.1) is 11.3 Å². The van der Waals surface area contributed by atoms with Crippen molar-refractivity contribution in [2.24, 2.45) is 0 Å². The number of aryl methyl sites for hydroxylation is 2. The Balaban J connectivity index is 1.76. The Hall–Kier alpha value is -3.43. The Kier molecular flexibility index (Phi) is 5.15. The van der Waals surface area contributed by atoms with Crippen LogP contribution in [0.4, 0.5) is 5.69 Å². The molecule has 2 aromatic heterocycles. The van der Waals surface area contributed by atoms with Crippen molar-refractivity contribution in [1.29, 1.82) is 5.26 Å². The van der Waals surface area contributed by atoms with Crippen LogP contribution in [0.2, 0.25) is 0 Å². The summed E-state index contributed by atoms with van der Waals surface area (Å²) in [5.41, 5.74) is 5.04. The van der Waals surface area contributed by atoms with Crippen LogP contribution in [-0.4, -0.2) is 9.55 Å². The molecule has 6 heteroatoms. The SMILES string of the molecule is Cc1ccc(NCc2nc3scc(-c4ccccc4)c3c(=O)n2CC#N)cc1C. The number of thiophene rings is 1. The van der Waals surface area contributed by atoms with Crippen molar-refractivity contribution in [3.8, 4) is 17.2 Å². The second kappa shape index (κ2) is 7.90. The van der Waals surface area contributed by atoms with Crippen LogP contribution in [0.25, 0.3) is 21.3 Å². The summed E-state index contributed by atoms with van der Waals surface area (Å²) in [6.07, 6.45) is 0. The number of nitrogens with zero attached hydrogens (tertiary/aromatic N) is 3. The van der Waals surface area contributed by atoms with E-state index in [9.17, 15) is 10.1 Å².